The van der Waals surface area contributed by atoms with E-state index in [-0.39, 0.29) is 18.3 Å². The summed E-state index contributed by atoms with van der Waals surface area (Å²) >= 11 is 0. The van der Waals surface area contributed by atoms with Gasteiger partial charge in [-0.1, -0.05) is 12.1 Å². The van der Waals surface area contributed by atoms with Gasteiger partial charge in [0.25, 0.3) is 5.91 Å². The Labute approximate surface area is 121 Å². The zero-order chi connectivity index (χ0) is 15.2. The molecule has 0 fully saturated rings. The van der Waals surface area contributed by atoms with Gasteiger partial charge in [-0.2, -0.15) is 0 Å². The van der Waals surface area contributed by atoms with Gasteiger partial charge in [-0.05, 0) is 29.8 Å². The minimum Gasteiger partial charge on any atom is -0.467 e. The Bertz CT molecular complexity index is 608. The van der Waals surface area contributed by atoms with Crippen molar-refractivity contribution in [2.24, 2.45) is 0 Å². The number of carbonyl (C=O) groups is 2. The number of halogens is 1. The molecule has 2 N–H and O–H groups in total. The smallest absolute Gasteiger partial charge is 0.250 e. The van der Waals surface area contributed by atoms with Crippen LogP contribution in [0.2, 0.25) is 0 Å². The number of rotatable bonds is 5. The third-order valence-corrected chi connectivity index (χ3v) is 2.82. The minimum atomic E-state index is -0.891. The second-order valence-electron chi connectivity index (χ2n) is 4.49. The molecule has 5 nitrogen and oxygen atoms in total. The van der Waals surface area contributed by atoms with Crippen LogP contribution in [0.25, 0.3) is 0 Å². The minimum absolute atomic E-state index is 0.232. The van der Waals surface area contributed by atoms with Crippen molar-refractivity contribution in [2.75, 3.05) is 0 Å². The van der Waals surface area contributed by atoms with Crippen LogP contribution in [0, 0.1) is 5.82 Å². The van der Waals surface area contributed by atoms with Crippen LogP contribution in [0.1, 0.15) is 24.3 Å². The highest BCUT2D eigenvalue weighted by molar-refractivity contribution is 5.87. The van der Waals surface area contributed by atoms with Crippen molar-refractivity contribution in [1.29, 1.82) is 0 Å². The van der Waals surface area contributed by atoms with Gasteiger partial charge >= 0.3 is 0 Å². The van der Waals surface area contributed by atoms with Crippen LogP contribution in [0.3, 0.4) is 0 Å². The summed E-state index contributed by atoms with van der Waals surface area (Å²) in [6.07, 6.45) is 1.43. The molecule has 0 radical (unpaired) electrons. The van der Waals surface area contributed by atoms with Gasteiger partial charge in [0.15, 0.2) is 6.04 Å². The van der Waals surface area contributed by atoms with E-state index in [1.165, 1.54) is 25.3 Å². The standard InChI is InChI=1S/C15H15FN2O3/c1-10(19)18-14(13-3-2-8-21-13)15(20)17-9-11-4-6-12(16)7-5-11/h2-8,14H,9H2,1H3,(H,17,20)(H,18,19). The first-order valence-corrected chi connectivity index (χ1v) is 6.39. The van der Waals surface area contributed by atoms with E-state index >= 15 is 0 Å². The molecule has 1 aromatic heterocycles. The molecular weight excluding hydrogens is 275 g/mol. The molecule has 110 valence electrons. The normalized spacial score (nSPS) is 11.7. The second kappa shape index (κ2) is 6.69. The van der Waals surface area contributed by atoms with Gasteiger partial charge < -0.3 is 15.1 Å². The molecule has 0 spiro atoms. The highest BCUT2D eigenvalue weighted by Crippen LogP contribution is 2.14. The summed E-state index contributed by atoms with van der Waals surface area (Å²) in [7, 11) is 0. The Morgan fingerprint density at radius 2 is 1.95 bits per heavy atom. The average molecular weight is 290 g/mol. The Kier molecular flexibility index (Phi) is 4.71. The van der Waals surface area contributed by atoms with Crippen LogP contribution in [-0.4, -0.2) is 11.8 Å². The molecule has 2 aromatic rings. The summed E-state index contributed by atoms with van der Waals surface area (Å²) in [6.45, 7) is 1.55. The van der Waals surface area contributed by atoms with Crippen LogP contribution in [-0.2, 0) is 16.1 Å². The molecule has 2 amide bonds. The molecule has 0 aliphatic rings. The van der Waals surface area contributed by atoms with Crippen molar-refractivity contribution < 1.29 is 18.4 Å². The average Bonchev–Trinajstić information content (AvgIpc) is 2.97. The monoisotopic (exact) mass is 290 g/mol. The van der Waals surface area contributed by atoms with E-state index < -0.39 is 11.9 Å². The number of nitrogens with one attached hydrogen (secondary N) is 2. The molecule has 6 heteroatoms. The van der Waals surface area contributed by atoms with E-state index in [1.54, 1.807) is 24.3 Å². The van der Waals surface area contributed by atoms with E-state index in [1.807, 2.05) is 0 Å². The van der Waals surface area contributed by atoms with E-state index in [9.17, 15) is 14.0 Å². The van der Waals surface area contributed by atoms with Crippen molar-refractivity contribution in [3.05, 3.63) is 59.8 Å². The number of hydrogen-bond acceptors (Lipinski definition) is 3. The number of carbonyl (C=O) groups excluding carboxylic acids is 2. The van der Waals surface area contributed by atoms with Crippen molar-refractivity contribution >= 4 is 11.8 Å². The van der Waals surface area contributed by atoms with Crippen molar-refractivity contribution in [3.8, 4) is 0 Å². The topological polar surface area (TPSA) is 71.3 Å². The first-order chi connectivity index (χ1) is 10.1. The fourth-order valence-electron chi connectivity index (χ4n) is 1.82. The Balaban J connectivity index is 2.01. The maximum Gasteiger partial charge on any atom is 0.250 e. The maximum absolute atomic E-state index is 12.8. The first kappa shape index (κ1) is 14.8. The van der Waals surface area contributed by atoms with Gasteiger partial charge in [0, 0.05) is 13.5 Å². The molecule has 0 aliphatic carbocycles. The highest BCUT2D eigenvalue weighted by Gasteiger charge is 2.23. The largest absolute Gasteiger partial charge is 0.467 e. The van der Waals surface area contributed by atoms with E-state index in [0.29, 0.717) is 5.76 Å². The predicted molar refractivity (Wildman–Crippen MR) is 73.5 cm³/mol. The fourth-order valence-corrected chi connectivity index (χ4v) is 1.82. The van der Waals surface area contributed by atoms with Crippen molar-refractivity contribution in [3.63, 3.8) is 0 Å². The molecule has 0 saturated carbocycles. The van der Waals surface area contributed by atoms with Gasteiger partial charge in [0.05, 0.1) is 6.26 Å². The highest BCUT2D eigenvalue weighted by atomic mass is 19.1. The third kappa shape index (κ3) is 4.17. The summed E-state index contributed by atoms with van der Waals surface area (Å²) in [4.78, 5) is 23.3. The molecule has 0 aliphatic heterocycles. The van der Waals surface area contributed by atoms with Gasteiger partial charge in [-0.3, -0.25) is 9.59 Å². The Morgan fingerprint density at radius 3 is 2.52 bits per heavy atom. The zero-order valence-electron chi connectivity index (χ0n) is 11.4. The third-order valence-electron chi connectivity index (χ3n) is 2.82. The maximum atomic E-state index is 12.8. The molecule has 21 heavy (non-hydrogen) atoms. The second-order valence-corrected chi connectivity index (χ2v) is 4.49. The lowest BCUT2D eigenvalue weighted by atomic mass is 10.2. The SMILES string of the molecule is CC(=O)NC(C(=O)NCc1ccc(F)cc1)c1ccco1. The summed E-state index contributed by atoms with van der Waals surface area (Å²) in [6, 6.07) is 8.15. The summed E-state index contributed by atoms with van der Waals surface area (Å²) in [5.74, 6) is -0.726. The number of furan rings is 1. The lowest BCUT2D eigenvalue weighted by Crippen LogP contribution is -2.39. The molecule has 1 atom stereocenters. The fraction of sp³-hybridized carbons (Fsp3) is 0.200. The van der Waals surface area contributed by atoms with Crippen LogP contribution < -0.4 is 10.6 Å². The van der Waals surface area contributed by atoms with E-state index in [0.717, 1.165) is 5.56 Å². The van der Waals surface area contributed by atoms with Crippen molar-refractivity contribution in [1.82, 2.24) is 10.6 Å². The van der Waals surface area contributed by atoms with Gasteiger partial charge in [0.1, 0.15) is 11.6 Å². The molecule has 2 rings (SSSR count). The molecule has 1 unspecified atom stereocenters. The zero-order valence-corrected chi connectivity index (χ0v) is 11.4. The summed E-state index contributed by atoms with van der Waals surface area (Å²) in [5, 5.41) is 5.20. The number of benzene rings is 1. The molecule has 0 saturated heterocycles. The molecule has 0 bridgehead atoms. The Morgan fingerprint density at radius 1 is 1.24 bits per heavy atom. The van der Waals surface area contributed by atoms with E-state index in [2.05, 4.69) is 10.6 Å². The molecule has 1 heterocycles. The molecule has 1 aromatic carbocycles. The van der Waals surface area contributed by atoms with Gasteiger partial charge in [-0.25, -0.2) is 4.39 Å². The predicted octanol–water partition coefficient (Wildman–Crippen LogP) is 1.91. The van der Waals surface area contributed by atoms with Gasteiger partial charge in [-0.15, -0.1) is 0 Å². The summed E-state index contributed by atoms with van der Waals surface area (Å²) < 4.78 is 18.0. The number of hydrogen-bond donors (Lipinski definition) is 2. The molecular formula is C15H15FN2O3. The summed E-state index contributed by atoms with van der Waals surface area (Å²) in [5.41, 5.74) is 0.755. The van der Waals surface area contributed by atoms with E-state index in [4.69, 9.17) is 4.42 Å². The van der Waals surface area contributed by atoms with Gasteiger partial charge in [0.2, 0.25) is 5.91 Å². The lowest BCUT2D eigenvalue weighted by molar-refractivity contribution is -0.128. The number of amides is 2. The van der Waals surface area contributed by atoms with Crippen LogP contribution >= 0.6 is 0 Å². The first-order valence-electron chi connectivity index (χ1n) is 6.39. The van der Waals surface area contributed by atoms with Crippen molar-refractivity contribution in [2.45, 2.75) is 19.5 Å². The van der Waals surface area contributed by atoms with Crippen LogP contribution in [0.4, 0.5) is 4.39 Å². The lowest BCUT2D eigenvalue weighted by Gasteiger charge is -2.15. The quantitative estimate of drug-likeness (QED) is 0.883. The van der Waals surface area contributed by atoms with Crippen LogP contribution in [0.5, 0.6) is 0 Å². The Hall–Kier alpha value is -2.63. The van der Waals surface area contributed by atoms with Crippen LogP contribution in [0.15, 0.2) is 47.1 Å².